The number of Topliss-reactive ketones (excluding diaryl/α,β-unsaturated/α-hetero) is 1. The third-order valence-corrected chi connectivity index (χ3v) is 8.65. The molecule has 1 unspecified atom stereocenters. The predicted molar refractivity (Wildman–Crippen MR) is 106 cm³/mol. The minimum Gasteiger partial charge on any atom is -0.462 e. The van der Waals surface area contributed by atoms with Crippen molar-refractivity contribution in [1.82, 2.24) is 0 Å². The molecule has 0 saturated heterocycles. The Hall–Kier alpha value is -1.12. The van der Waals surface area contributed by atoms with Crippen LogP contribution in [0.5, 0.6) is 0 Å². The van der Waals surface area contributed by atoms with Crippen LogP contribution in [0.2, 0.25) is 0 Å². The van der Waals surface area contributed by atoms with Gasteiger partial charge in [0.1, 0.15) is 11.9 Å². The lowest BCUT2D eigenvalue weighted by Gasteiger charge is -2.57. The number of ketones is 1. The second-order valence-electron chi connectivity index (χ2n) is 11.2. The first-order valence-electron chi connectivity index (χ1n) is 11.0. The van der Waals surface area contributed by atoms with E-state index in [1.54, 1.807) is 0 Å². The molecule has 0 N–H and O–H groups in total. The largest absolute Gasteiger partial charge is 0.462 e. The molecule has 3 fully saturated rings. The number of hydrogen-bond donors (Lipinski definition) is 0. The van der Waals surface area contributed by atoms with E-state index in [9.17, 15) is 9.59 Å². The topological polar surface area (TPSA) is 43.4 Å². The molecule has 4 aliphatic carbocycles. The molecule has 27 heavy (non-hydrogen) atoms. The molecule has 6 atom stereocenters. The molecular weight excluding hydrogens is 336 g/mol. The molecule has 4 rings (SSSR count). The van der Waals surface area contributed by atoms with E-state index in [0.717, 1.165) is 44.9 Å². The van der Waals surface area contributed by atoms with Crippen molar-refractivity contribution in [2.75, 3.05) is 0 Å². The third kappa shape index (κ3) is 2.91. The minimum absolute atomic E-state index is 0.0366. The molecule has 0 radical (unpaired) electrons. The Labute approximate surface area is 164 Å². The molecule has 0 aromatic carbocycles. The van der Waals surface area contributed by atoms with Crippen LogP contribution in [0.1, 0.15) is 86.0 Å². The van der Waals surface area contributed by atoms with Crippen LogP contribution in [0.25, 0.3) is 0 Å². The van der Waals surface area contributed by atoms with E-state index in [4.69, 9.17) is 4.74 Å². The Kier molecular flexibility index (Phi) is 4.40. The lowest BCUT2D eigenvalue weighted by molar-refractivity contribution is -0.160. The predicted octanol–water partition coefficient (Wildman–Crippen LogP) is 5.48. The summed E-state index contributed by atoms with van der Waals surface area (Å²) in [6.07, 6.45) is 10.8. The van der Waals surface area contributed by atoms with Crippen LogP contribution in [-0.4, -0.2) is 17.9 Å². The summed E-state index contributed by atoms with van der Waals surface area (Å²) in [5.74, 6) is 2.38. The summed E-state index contributed by atoms with van der Waals surface area (Å²) >= 11 is 0. The monoisotopic (exact) mass is 372 g/mol. The van der Waals surface area contributed by atoms with E-state index in [0.29, 0.717) is 23.5 Å². The van der Waals surface area contributed by atoms with Crippen LogP contribution in [0.3, 0.4) is 0 Å². The first-order valence-corrected chi connectivity index (χ1v) is 11.0. The lowest BCUT2D eigenvalue weighted by Crippen LogP contribution is -2.50. The highest BCUT2D eigenvalue weighted by Gasteiger charge is 2.58. The Balaban J connectivity index is 1.53. The van der Waals surface area contributed by atoms with Crippen molar-refractivity contribution in [2.45, 2.75) is 92.1 Å². The van der Waals surface area contributed by atoms with Crippen molar-refractivity contribution in [3.05, 3.63) is 11.6 Å². The highest BCUT2D eigenvalue weighted by Crippen LogP contribution is 2.64. The van der Waals surface area contributed by atoms with Crippen molar-refractivity contribution < 1.29 is 14.3 Å². The quantitative estimate of drug-likeness (QED) is 0.452. The van der Waals surface area contributed by atoms with Crippen LogP contribution in [0.4, 0.5) is 0 Å². The maximum atomic E-state index is 12.5. The zero-order valence-electron chi connectivity index (χ0n) is 17.8. The number of fused-ring (bicyclic) bond motifs is 5. The zero-order chi connectivity index (χ0) is 19.6. The van der Waals surface area contributed by atoms with Crippen molar-refractivity contribution in [2.24, 2.45) is 34.0 Å². The highest BCUT2D eigenvalue weighted by atomic mass is 16.5. The van der Waals surface area contributed by atoms with E-state index in [-0.39, 0.29) is 22.9 Å². The van der Waals surface area contributed by atoms with Gasteiger partial charge in [0.05, 0.1) is 5.41 Å². The van der Waals surface area contributed by atoms with Gasteiger partial charge in [-0.15, -0.1) is 0 Å². The van der Waals surface area contributed by atoms with Crippen LogP contribution in [0, 0.1) is 34.0 Å². The van der Waals surface area contributed by atoms with Gasteiger partial charge in [-0.2, -0.15) is 0 Å². The molecule has 0 aromatic rings. The zero-order valence-corrected chi connectivity index (χ0v) is 17.8. The smallest absolute Gasteiger partial charge is 0.311 e. The van der Waals surface area contributed by atoms with Crippen molar-refractivity contribution in [3.8, 4) is 0 Å². The van der Waals surface area contributed by atoms with Gasteiger partial charge in [0.25, 0.3) is 0 Å². The number of carbonyl (C=O) groups excluding carboxylic acids is 2. The van der Waals surface area contributed by atoms with Crippen LogP contribution >= 0.6 is 0 Å². The number of esters is 1. The second kappa shape index (κ2) is 6.19. The molecule has 3 heteroatoms. The standard InChI is InChI=1S/C24H36O3/c1-22(2,3)21(26)27-16-10-12-23(4)15(14-16)6-7-17-18-8-9-20(25)24(18,5)13-11-19(17)23/h6,16-19H,7-14H2,1-5H3/t16-,17?,18-,19-,23-,24-/m0/s1. The van der Waals surface area contributed by atoms with Crippen molar-refractivity contribution in [1.29, 1.82) is 0 Å². The first-order chi connectivity index (χ1) is 12.6. The van der Waals surface area contributed by atoms with Crippen molar-refractivity contribution >= 4 is 11.8 Å². The summed E-state index contributed by atoms with van der Waals surface area (Å²) in [4.78, 5) is 24.8. The number of ether oxygens (including phenoxy) is 1. The summed E-state index contributed by atoms with van der Waals surface area (Å²) in [7, 11) is 0. The Morgan fingerprint density at radius 3 is 2.44 bits per heavy atom. The number of hydrogen-bond acceptors (Lipinski definition) is 3. The minimum atomic E-state index is -0.435. The molecule has 0 aromatic heterocycles. The molecule has 3 saturated carbocycles. The lowest BCUT2D eigenvalue weighted by atomic mass is 9.48. The highest BCUT2D eigenvalue weighted by molar-refractivity contribution is 5.87. The second-order valence-corrected chi connectivity index (χ2v) is 11.2. The van der Waals surface area contributed by atoms with E-state index < -0.39 is 5.41 Å². The Morgan fingerprint density at radius 2 is 1.74 bits per heavy atom. The molecular formula is C24H36O3. The average Bonchev–Trinajstić information content (AvgIpc) is 2.89. The molecule has 150 valence electrons. The average molecular weight is 373 g/mol. The molecule has 3 nitrogen and oxygen atoms in total. The fraction of sp³-hybridized carbons (Fsp3) is 0.833. The molecule has 0 aliphatic heterocycles. The van der Waals surface area contributed by atoms with Crippen LogP contribution in [-0.2, 0) is 14.3 Å². The van der Waals surface area contributed by atoms with Gasteiger partial charge in [0.15, 0.2) is 0 Å². The normalized spacial score (nSPS) is 44.0. The van der Waals surface area contributed by atoms with Crippen molar-refractivity contribution in [3.63, 3.8) is 0 Å². The van der Waals surface area contributed by atoms with Gasteiger partial charge in [-0.25, -0.2) is 0 Å². The van der Waals surface area contributed by atoms with Gasteiger partial charge >= 0.3 is 5.97 Å². The summed E-state index contributed by atoms with van der Waals surface area (Å²) in [6.45, 7) is 10.5. The van der Waals surface area contributed by atoms with Gasteiger partial charge in [0, 0.05) is 18.3 Å². The number of allylic oxidation sites excluding steroid dienone is 1. The molecule has 0 bridgehead atoms. The molecule has 0 spiro atoms. The Bertz CT molecular complexity index is 684. The summed E-state index contributed by atoms with van der Waals surface area (Å²) < 4.78 is 5.86. The fourth-order valence-electron chi connectivity index (χ4n) is 6.83. The van der Waals surface area contributed by atoms with E-state index >= 15 is 0 Å². The fourth-order valence-corrected chi connectivity index (χ4v) is 6.83. The number of rotatable bonds is 1. The molecule has 0 heterocycles. The van der Waals surface area contributed by atoms with E-state index in [2.05, 4.69) is 19.9 Å². The van der Waals surface area contributed by atoms with Crippen LogP contribution < -0.4 is 0 Å². The van der Waals surface area contributed by atoms with Gasteiger partial charge in [0.2, 0.25) is 0 Å². The summed E-state index contributed by atoms with van der Waals surface area (Å²) in [5, 5.41) is 0. The maximum absolute atomic E-state index is 12.5. The van der Waals surface area contributed by atoms with Crippen LogP contribution in [0.15, 0.2) is 11.6 Å². The van der Waals surface area contributed by atoms with Gasteiger partial charge in [-0.3, -0.25) is 9.59 Å². The number of carbonyl (C=O) groups is 2. The third-order valence-electron chi connectivity index (χ3n) is 8.65. The Morgan fingerprint density at radius 1 is 1.07 bits per heavy atom. The van der Waals surface area contributed by atoms with E-state index in [1.165, 1.54) is 12.0 Å². The van der Waals surface area contributed by atoms with Gasteiger partial charge < -0.3 is 4.74 Å². The summed E-state index contributed by atoms with van der Waals surface area (Å²) in [6, 6.07) is 0. The van der Waals surface area contributed by atoms with E-state index in [1.807, 2.05) is 20.8 Å². The SMILES string of the molecule is CC(C)(C)C(=O)O[C@H]1CC[C@@]2(C)C(=CCC3[C@@H]2CC[C@]2(C)C(=O)CC[C@@H]32)C1. The summed E-state index contributed by atoms with van der Waals surface area (Å²) in [5.41, 5.74) is 1.27. The molecule has 4 aliphatic rings. The molecule has 0 amide bonds. The van der Waals surface area contributed by atoms with Gasteiger partial charge in [-0.1, -0.05) is 25.5 Å². The van der Waals surface area contributed by atoms with Gasteiger partial charge in [-0.05, 0) is 82.5 Å². The first kappa shape index (κ1) is 19.2. The maximum Gasteiger partial charge on any atom is 0.311 e.